The molecule has 1 aromatic rings. The monoisotopic (exact) mass is 267 g/mol. The zero-order chi connectivity index (χ0) is 14.4. The molecule has 0 saturated carbocycles. The molecule has 0 bridgehead atoms. The number of nitrogens with zero attached hydrogens (tertiary/aromatic N) is 1. The molecule has 0 heterocycles. The molecule has 1 aromatic carbocycles. The van der Waals surface area contributed by atoms with Crippen LogP contribution in [0.4, 0.5) is 4.39 Å². The van der Waals surface area contributed by atoms with Gasteiger partial charge in [-0.1, -0.05) is 12.1 Å². The van der Waals surface area contributed by atoms with Crippen molar-refractivity contribution in [2.75, 3.05) is 6.54 Å². The summed E-state index contributed by atoms with van der Waals surface area (Å²) < 4.78 is 13.0. The van der Waals surface area contributed by atoms with Gasteiger partial charge in [-0.2, -0.15) is 0 Å². The third-order valence-electron chi connectivity index (χ3n) is 2.91. The molecule has 0 radical (unpaired) electrons. The van der Waals surface area contributed by atoms with E-state index in [0.717, 1.165) is 0 Å². The summed E-state index contributed by atoms with van der Waals surface area (Å²) in [5.74, 6) is -1.52. The van der Waals surface area contributed by atoms with E-state index < -0.39 is 5.97 Å². The van der Waals surface area contributed by atoms with Gasteiger partial charge in [-0.3, -0.25) is 9.59 Å². The van der Waals surface area contributed by atoms with E-state index in [9.17, 15) is 14.0 Å². The van der Waals surface area contributed by atoms with Gasteiger partial charge in [0.25, 0.3) is 0 Å². The van der Waals surface area contributed by atoms with Crippen LogP contribution >= 0.6 is 0 Å². The summed E-state index contributed by atoms with van der Waals surface area (Å²) in [4.78, 5) is 24.3. The van der Waals surface area contributed by atoms with E-state index in [4.69, 9.17) is 5.11 Å². The Bertz CT molecular complexity index is 462. The van der Waals surface area contributed by atoms with E-state index in [2.05, 4.69) is 0 Å². The number of likely N-dealkylation sites (N-methyl/N-ethyl adjacent to an activating group) is 1. The van der Waals surface area contributed by atoms with Gasteiger partial charge in [0, 0.05) is 12.6 Å². The fourth-order valence-electron chi connectivity index (χ4n) is 2.02. The Hall–Kier alpha value is -1.91. The second-order valence-corrected chi connectivity index (χ2v) is 4.43. The largest absolute Gasteiger partial charge is 0.481 e. The molecular weight excluding hydrogens is 249 g/mol. The molecule has 4 nitrogen and oxygen atoms in total. The van der Waals surface area contributed by atoms with Gasteiger partial charge in [0.15, 0.2) is 0 Å². The lowest BCUT2D eigenvalue weighted by Crippen LogP contribution is -2.40. The van der Waals surface area contributed by atoms with Gasteiger partial charge in [-0.15, -0.1) is 0 Å². The number of carboxylic acids is 1. The van der Waals surface area contributed by atoms with Gasteiger partial charge < -0.3 is 10.0 Å². The van der Waals surface area contributed by atoms with Crippen molar-refractivity contribution in [2.45, 2.75) is 32.7 Å². The molecule has 5 heteroatoms. The normalized spacial score (nSPS) is 11.9. The number of hydrogen-bond acceptors (Lipinski definition) is 2. The van der Waals surface area contributed by atoms with Gasteiger partial charge in [0.2, 0.25) is 5.91 Å². The Kier molecular flexibility index (Phi) is 5.48. The van der Waals surface area contributed by atoms with Crippen molar-refractivity contribution < 1.29 is 19.1 Å². The summed E-state index contributed by atoms with van der Waals surface area (Å²) >= 11 is 0. The average Bonchev–Trinajstić information content (AvgIpc) is 2.28. The number of hydrogen-bond donors (Lipinski definition) is 1. The molecule has 0 aliphatic rings. The molecule has 0 aromatic heterocycles. The molecule has 1 amide bonds. The number of carbonyl (C=O) groups excluding carboxylic acids is 1. The van der Waals surface area contributed by atoms with E-state index in [1.54, 1.807) is 26.0 Å². The van der Waals surface area contributed by atoms with Gasteiger partial charge in [-0.25, -0.2) is 4.39 Å². The zero-order valence-electron chi connectivity index (χ0n) is 11.1. The van der Waals surface area contributed by atoms with E-state index in [0.29, 0.717) is 12.1 Å². The number of halogens is 1. The number of carbonyl (C=O) groups is 2. The Morgan fingerprint density at radius 3 is 2.63 bits per heavy atom. The molecule has 104 valence electrons. The van der Waals surface area contributed by atoms with Crippen molar-refractivity contribution in [3.63, 3.8) is 0 Å². The minimum atomic E-state index is -0.940. The lowest BCUT2D eigenvalue weighted by Gasteiger charge is -2.27. The second kappa shape index (κ2) is 6.87. The number of rotatable bonds is 6. The summed E-state index contributed by atoms with van der Waals surface area (Å²) in [6, 6.07) is 5.49. The first-order chi connectivity index (χ1) is 8.93. The molecule has 1 rings (SSSR count). The van der Waals surface area contributed by atoms with E-state index >= 15 is 0 Å². The van der Waals surface area contributed by atoms with Crippen molar-refractivity contribution in [3.05, 3.63) is 35.6 Å². The molecule has 0 aliphatic carbocycles. The maximum atomic E-state index is 13.0. The first-order valence-electron chi connectivity index (χ1n) is 6.19. The molecule has 0 spiro atoms. The number of amides is 1. The highest BCUT2D eigenvalue weighted by Crippen LogP contribution is 2.10. The van der Waals surface area contributed by atoms with Crippen LogP contribution in [0.5, 0.6) is 0 Å². The third-order valence-corrected chi connectivity index (χ3v) is 2.91. The maximum absolute atomic E-state index is 13.0. The van der Waals surface area contributed by atoms with Crippen LogP contribution in [0.3, 0.4) is 0 Å². The van der Waals surface area contributed by atoms with Crippen molar-refractivity contribution in [1.82, 2.24) is 4.90 Å². The Morgan fingerprint density at radius 2 is 2.11 bits per heavy atom. The van der Waals surface area contributed by atoms with E-state index in [1.165, 1.54) is 17.0 Å². The molecule has 0 aliphatic heterocycles. The smallest absolute Gasteiger partial charge is 0.305 e. The number of benzene rings is 1. The van der Waals surface area contributed by atoms with Crippen LogP contribution in [0, 0.1) is 5.82 Å². The van der Waals surface area contributed by atoms with Gasteiger partial charge in [0.05, 0.1) is 12.8 Å². The molecule has 0 fully saturated rings. The molecule has 1 atom stereocenters. The lowest BCUT2D eigenvalue weighted by atomic mass is 10.1. The van der Waals surface area contributed by atoms with Crippen LogP contribution in [-0.2, 0) is 16.0 Å². The fourth-order valence-corrected chi connectivity index (χ4v) is 2.02. The Morgan fingerprint density at radius 1 is 1.42 bits per heavy atom. The van der Waals surface area contributed by atoms with Crippen LogP contribution in [0.1, 0.15) is 25.8 Å². The van der Waals surface area contributed by atoms with Crippen molar-refractivity contribution >= 4 is 11.9 Å². The summed E-state index contributed by atoms with van der Waals surface area (Å²) in [5.41, 5.74) is 0.589. The molecule has 0 saturated heterocycles. The van der Waals surface area contributed by atoms with Gasteiger partial charge in [0.1, 0.15) is 5.82 Å². The number of aliphatic carboxylic acids is 1. The Balaban J connectivity index is 2.71. The van der Waals surface area contributed by atoms with Crippen LogP contribution in [0.15, 0.2) is 24.3 Å². The first-order valence-corrected chi connectivity index (χ1v) is 6.19. The van der Waals surface area contributed by atoms with Crippen molar-refractivity contribution in [3.8, 4) is 0 Å². The third kappa shape index (κ3) is 4.69. The van der Waals surface area contributed by atoms with Crippen LogP contribution in [-0.4, -0.2) is 34.5 Å². The molecule has 1 unspecified atom stereocenters. The summed E-state index contributed by atoms with van der Waals surface area (Å²) in [6.07, 6.45) is -0.0156. The maximum Gasteiger partial charge on any atom is 0.305 e. The number of carboxylic acid groups (broad SMARTS) is 1. The van der Waals surface area contributed by atoms with E-state index in [-0.39, 0.29) is 30.6 Å². The summed E-state index contributed by atoms with van der Waals surface area (Å²) in [6.45, 7) is 3.92. The lowest BCUT2D eigenvalue weighted by molar-refractivity contribution is -0.140. The summed E-state index contributed by atoms with van der Waals surface area (Å²) in [7, 11) is 0. The standard InChI is InChI=1S/C14H18FNO3/c1-3-16(10(2)7-14(18)19)13(17)9-11-5-4-6-12(15)8-11/h4-6,8,10H,3,7,9H2,1-2H3,(H,18,19). The quantitative estimate of drug-likeness (QED) is 0.858. The topological polar surface area (TPSA) is 57.6 Å². The predicted molar refractivity (Wildman–Crippen MR) is 69.2 cm³/mol. The van der Waals surface area contributed by atoms with E-state index in [1.807, 2.05) is 0 Å². The predicted octanol–water partition coefficient (Wildman–Crippen LogP) is 2.08. The second-order valence-electron chi connectivity index (χ2n) is 4.43. The first kappa shape index (κ1) is 15.1. The highest BCUT2D eigenvalue weighted by Gasteiger charge is 2.20. The Labute approximate surface area is 111 Å². The molecule has 1 N–H and O–H groups in total. The van der Waals surface area contributed by atoms with Crippen LogP contribution in [0.2, 0.25) is 0 Å². The van der Waals surface area contributed by atoms with Crippen molar-refractivity contribution in [1.29, 1.82) is 0 Å². The fraction of sp³-hybridized carbons (Fsp3) is 0.429. The summed E-state index contributed by atoms with van der Waals surface area (Å²) in [5, 5.41) is 8.75. The van der Waals surface area contributed by atoms with Crippen LogP contribution in [0.25, 0.3) is 0 Å². The minimum Gasteiger partial charge on any atom is -0.481 e. The highest BCUT2D eigenvalue weighted by atomic mass is 19.1. The average molecular weight is 267 g/mol. The highest BCUT2D eigenvalue weighted by molar-refractivity contribution is 5.79. The minimum absolute atomic E-state index is 0.0789. The van der Waals surface area contributed by atoms with Gasteiger partial charge in [-0.05, 0) is 31.5 Å². The zero-order valence-corrected chi connectivity index (χ0v) is 11.1. The van der Waals surface area contributed by atoms with Crippen LogP contribution < -0.4 is 0 Å². The molecular formula is C14H18FNO3. The molecule has 19 heavy (non-hydrogen) atoms. The SMILES string of the molecule is CCN(C(=O)Cc1cccc(F)c1)C(C)CC(=O)O. The van der Waals surface area contributed by atoms with Gasteiger partial charge >= 0.3 is 5.97 Å². The van der Waals surface area contributed by atoms with Crippen molar-refractivity contribution in [2.24, 2.45) is 0 Å².